The zero-order valence-corrected chi connectivity index (χ0v) is 11.7. The smallest absolute Gasteiger partial charge is 0.314 e. The maximum Gasteiger partial charge on any atom is 0.401 e. The molecular formula is C15H21F3N2. The second-order valence-corrected chi connectivity index (χ2v) is 5.58. The van der Waals surface area contributed by atoms with E-state index in [0.29, 0.717) is 12.6 Å². The molecular weight excluding hydrogens is 265 g/mol. The van der Waals surface area contributed by atoms with Gasteiger partial charge in [0.15, 0.2) is 0 Å². The van der Waals surface area contributed by atoms with Gasteiger partial charge in [-0.1, -0.05) is 24.3 Å². The lowest BCUT2D eigenvalue weighted by Gasteiger charge is -2.18. The van der Waals surface area contributed by atoms with Crippen LogP contribution in [0.4, 0.5) is 13.2 Å². The molecule has 2 rings (SSSR count). The van der Waals surface area contributed by atoms with E-state index in [9.17, 15) is 13.2 Å². The van der Waals surface area contributed by atoms with Crippen LogP contribution < -0.4 is 5.32 Å². The van der Waals surface area contributed by atoms with Crippen LogP contribution in [0.5, 0.6) is 0 Å². The van der Waals surface area contributed by atoms with Gasteiger partial charge in [-0.25, -0.2) is 0 Å². The minimum atomic E-state index is -4.14. The van der Waals surface area contributed by atoms with Crippen LogP contribution in [0.25, 0.3) is 0 Å². The van der Waals surface area contributed by atoms with Gasteiger partial charge in [0.05, 0.1) is 6.54 Å². The van der Waals surface area contributed by atoms with E-state index >= 15 is 0 Å². The molecule has 1 saturated carbocycles. The summed E-state index contributed by atoms with van der Waals surface area (Å²) >= 11 is 0. The first-order valence-corrected chi connectivity index (χ1v) is 6.99. The van der Waals surface area contributed by atoms with E-state index in [1.165, 1.54) is 30.4 Å². The number of halogens is 3. The van der Waals surface area contributed by atoms with E-state index in [-0.39, 0.29) is 0 Å². The molecule has 1 aliphatic rings. The van der Waals surface area contributed by atoms with Crippen molar-refractivity contribution >= 4 is 0 Å². The van der Waals surface area contributed by atoms with Gasteiger partial charge in [0.1, 0.15) is 0 Å². The predicted molar refractivity (Wildman–Crippen MR) is 73.6 cm³/mol. The number of nitrogens with zero attached hydrogens (tertiary/aromatic N) is 1. The van der Waals surface area contributed by atoms with Gasteiger partial charge in [-0.3, -0.25) is 4.90 Å². The molecule has 0 unspecified atom stereocenters. The molecule has 1 aliphatic carbocycles. The molecule has 2 nitrogen and oxygen atoms in total. The van der Waals surface area contributed by atoms with Gasteiger partial charge in [0, 0.05) is 12.6 Å². The van der Waals surface area contributed by atoms with Crippen molar-refractivity contribution < 1.29 is 13.2 Å². The minimum Gasteiger partial charge on any atom is -0.314 e. The Labute approximate surface area is 118 Å². The van der Waals surface area contributed by atoms with Crippen LogP contribution in [-0.4, -0.2) is 37.3 Å². The fraction of sp³-hybridized carbons (Fsp3) is 0.600. The summed E-state index contributed by atoms with van der Waals surface area (Å²) in [4.78, 5) is 1.28. The van der Waals surface area contributed by atoms with Gasteiger partial charge in [-0.15, -0.1) is 0 Å². The molecule has 5 heteroatoms. The molecule has 0 radical (unpaired) electrons. The highest BCUT2D eigenvalue weighted by Crippen LogP contribution is 2.19. The molecule has 1 aromatic rings. The first-order chi connectivity index (χ1) is 9.42. The molecule has 1 N–H and O–H groups in total. The number of benzene rings is 1. The Morgan fingerprint density at radius 2 is 1.75 bits per heavy atom. The normalized spacial score (nSPS) is 15.8. The molecule has 0 aromatic heterocycles. The summed E-state index contributed by atoms with van der Waals surface area (Å²) in [6.45, 7) is 0.415. The third kappa shape index (κ3) is 5.92. The first kappa shape index (κ1) is 15.3. The Balaban J connectivity index is 1.75. The maximum atomic E-state index is 12.2. The second kappa shape index (κ2) is 6.59. The van der Waals surface area contributed by atoms with Crippen LogP contribution in [-0.2, 0) is 13.0 Å². The van der Waals surface area contributed by atoms with E-state index in [1.807, 2.05) is 24.3 Å². The number of nitrogens with one attached hydrogen (secondary N) is 1. The molecule has 0 atom stereocenters. The Bertz CT molecular complexity index is 410. The predicted octanol–water partition coefficient (Wildman–Crippen LogP) is 2.98. The summed E-state index contributed by atoms with van der Waals surface area (Å²) in [5.74, 6) is 0. The van der Waals surface area contributed by atoms with Gasteiger partial charge in [0.25, 0.3) is 0 Å². The summed E-state index contributed by atoms with van der Waals surface area (Å²) in [6.07, 6.45) is -0.604. The van der Waals surface area contributed by atoms with E-state index in [1.54, 1.807) is 0 Å². The Morgan fingerprint density at radius 1 is 1.15 bits per heavy atom. The second-order valence-electron chi connectivity index (χ2n) is 5.58. The lowest BCUT2D eigenvalue weighted by molar-refractivity contribution is -0.144. The SMILES string of the molecule is CN(Cc1ccc(CCNC2CC2)cc1)CC(F)(F)F. The number of hydrogen-bond acceptors (Lipinski definition) is 2. The third-order valence-electron chi connectivity index (χ3n) is 3.35. The van der Waals surface area contributed by atoms with Gasteiger partial charge in [0.2, 0.25) is 0 Å². The molecule has 0 bridgehead atoms. The van der Waals surface area contributed by atoms with Crippen LogP contribution in [0.1, 0.15) is 24.0 Å². The van der Waals surface area contributed by atoms with Crippen molar-refractivity contribution in [3.05, 3.63) is 35.4 Å². The van der Waals surface area contributed by atoms with E-state index < -0.39 is 12.7 Å². The van der Waals surface area contributed by atoms with Crippen molar-refractivity contribution in [3.8, 4) is 0 Å². The zero-order valence-electron chi connectivity index (χ0n) is 11.7. The van der Waals surface area contributed by atoms with Crippen molar-refractivity contribution in [2.24, 2.45) is 0 Å². The summed E-state index contributed by atoms with van der Waals surface area (Å²) in [7, 11) is 1.49. The van der Waals surface area contributed by atoms with Crippen LogP contribution in [0, 0.1) is 0 Å². The van der Waals surface area contributed by atoms with Gasteiger partial charge in [-0.05, 0) is 44.0 Å². The number of hydrogen-bond donors (Lipinski definition) is 1. The number of alkyl halides is 3. The average Bonchev–Trinajstić information content (AvgIpc) is 3.13. The highest BCUT2D eigenvalue weighted by atomic mass is 19.4. The van der Waals surface area contributed by atoms with Crippen LogP contribution in [0.15, 0.2) is 24.3 Å². The molecule has 0 aliphatic heterocycles. The lowest BCUT2D eigenvalue weighted by Crippen LogP contribution is -2.30. The van der Waals surface area contributed by atoms with Gasteiger partial charge in [-0.2, -0.15) is 13.2 Å². The fourth-order valence-corrected chi connectivity index (χ4v) is 2.19. The molecule has 1 aromatic carbocycles. The summed E-state index contributed by atoms with van der Waals surface area (Å²) in [5.41, 5.74) is 2.14. The van der Waals surface area contributed by atoms with Crippen molar-refractivity contribution in [2.75, 3.05) is 20.1 Å². The molecule has 112 valence electrons. The average molecular weight is 286 g/mol. The van der Waals surface area contributed by atoms with E-state index in [4.69, 9.17) is 0 Å². The number of rotatable bonds is 7. The summed E-state index contributed by atoms with van der Waals surface area (Å²) in [5, 5.41) is 3.44. The topological polar surface area (TPSA) is 15.3 Å². The minimum absolute atomic E-state index is 0.320. The van der Waals surface area contributed by atoms with E-state index in [0.717, 1.165) is 18.5 Å². The monoisotopic (exact) mass is 286 g/mol. The van der Waals surface area contributed by atoms with Crippen molar-refractivity contribution in [1.29, 1.82) is 0 Å². The molecule has 0 amide bonds. The fourth-order valence-electron chi connectivity index (χ4n) is 2.19. The lowest BCUT2D eigenvalue weighted by atomic mass is 10.1. The third-order valence-corrected chi connectivity index (χ3v) is 3.35. The van der Waals surface area contributed by atoms with Crippen molar-refractivity contribution in [2.45, 2.75) is 38.0 Å². The Hall–Kier alpha value is -1.07. The van der Waals surface area contributed by atoms with Gasteiger partial charge < -0.3 is 5.32 Å². The highest BCUT2D eigenvalue weighted by molar-refractivity contribution is 5.22. The van der Waals surface area contributed by atoms with Crippen LogP contribution in [0.2, 0.25) is 0 Å². The molecule has 0 heterocycles. The molecule has 0 spiro atoms. The van der Waals surface area contributed by atoms with Crippen molar-refractivity contribution in [1.82, 2.24) is 10.2 Å². The van der Waals surface area contributed by atoms with E-state index in [2.05, 4.69) is 5.32 Å². The van der Waals surface area contributed by atoms with Crippen LogP contribution in [0.3, 0.4) is 0 Å². The first-order valence-electron chi connectivity index (χ1n) is 6.99. The van der Waals surface area contributed by atoms with Crippen molar-refractivity contribution in [3.63, 3.8) is 0 Å². The van der Waals surface area contributed by atoms with Gasteiger partial charge >= 0.3 is 6.18 Å². The Morgan fingerprint density at radius 3 is 2.30 bits per heavy atom. The highest BCUT2D eigenvalue weighted by Gasteiger charge is 2.29. The zero-order chi connectivity index (χ0) is 14.6. The molecule has 0 saturated heterocycles. The maximum absolute atomic E-state index is 12.2. The van der Waals surface area contributed by atoms with Crippen LogP contribution >= 0.6 is 0 Å². The summed E-state index contributed by atoms with van der Waals surface area (Å²) in [6, 6.07) is 8.56. The molecule has 20 heavy (non-hydrogen) atoms. The molecule has 1 fully saturated rings. The Kier molecular flexibility index (Phi) is 5.05. The largest absolute Gasteiger partial charge is 0.401 e. The standard InChI is InChI=1S/C15H21F3N2/c1-20(11-15(16,17)18)10-13-4-2-12(3-5-13)8-9-19-14-6-7-14/h2-5,14,19H,6-11H2,1H3. The quantitative estimate of drug-likeness (QED) is 0.829. The summed E-state index contributed by atoms with van der Waals surface area (Å²) < 4.78 is 36.7.